The second-order valence-electron chi connectivity index (χ2n) is 5.54. The second kappa shape index (κ2) is 10.6. The molecule has 2 N–H and O–H groups in total. The molecule has 0 heterocycles. The van der Waals surface area contributed by atoms with Gasteiger partial charge in [0.25, 0.3) is 0 Å². The van der Waals surface area contributed by atoms with Gasteiger partial charge >= 0.3 is 0 Å². The first-order valence-corrected chi connectivity index (χ1v) is 7.93. The molecular weight excluding hydrogens is 308 g/mol. The Morgan fingerprint density at radius 1 is 1.04 bits per heavy atom. The third kappa shape index (κ3) is 6.16. The average Bonchev–Trinajstić information content (AvgIpc) is 2.59. The van der Waals surface area contributed by atoms with E-state index in [9.17, 15) is 0 Å². The van der Waals surface area contributed by atoms with Crippen molar-refractivity contribution in [3.8, 4) is 17.2 Å². The Kier molecular flexibility index (Phi) is 8.78. The number of ether oxygens (including phenoxy) is 3. The molecule has 0 atom stereocenters. The van der Waals surface area contributed by atoms with Crippen LogP contribution >= 0.6 is 0 Å². The fourth-order valence-corrected chi connectivity index (χ4v) is 2.25. The van der Waals surface area contributed by atoms with Crippen LogP contribution < -0.4 is 24.8 Å². The molecular formula is C17H30N4O3. The molecule has 0 amide bonds. The van der Waals surface area contributed by atoms with Gasteiger partial charge in [-0.15, -0.1) is 0 Å². The number of hydrogen-bond donors (Lipinski definition) is 2. The van der Waals surface area contributed by atoms with Crippen molar-refractivity contribution in [1.82, 2.24) is 15.5 Å². The summed E-state index contributed by atoms with van der Waals surface area (Å²) in [4.78, 5) is 6.39. The van der Waals surface area contributed by atoms with Crippen LogP contribution in [0.2, 0.25) is 0 Å². The Morgan fingerprint density at radius 2 is 1.67 bits per heavy atom. The summed E-state index contributed by atoms with van der Waals surface area (Å²) < 4.78 is 16.1. The molecule has 0 aliphatic rings. The maximum Gasteiger partial charge on any atom is 0.203 e. The van der Waals surface area contributed by atoms with Gasteiger partial charge in [0.15, 0.2) is 17.5 Å². The molecule has 0 bridgehead atoms. The molecule has 0 aromatic heterocycles. The second-order valence-corrected chi connectivity index (χ2v) is 5.54. The molecule has 24 heavy (non-hydrogen) atoms. The zero-order chi connectivity index (χ0) is 17.9. The van der Waals surface area contributed by atoms with E-state index in [1.165, 1.54) is 0 Å². The summed E-state index contributed by atoms with van der Waals surface area (Å²) in [6.45, 7) is 2.51. The number of nitrogens with zero attached hydrogens (tertiary/aromatic N) is 2. The minimum atomic E-state index is 0.593. The fraction of sp³-hybridized carbons (Fsp3) is 0.588. The fourth-order valence-electron chi connectivity index (χ4n) is 2.25. The number of rotatable bonds is 9. The van der Waals surface area contributed by atoms with Crippen molar-refractivity contribution in [2.24, 2.45) is 4.99 Å². The lowest BCUT2D eigenvalue weighted by Gasteiger charge is -2.16. The molecule has 0 aliphatic heterocycles. The van der Waals surface area contributed by atoms with Crippen LogP contribution in [0.25, 0.3) is 0 Å². The first-order chi connectivity index (χ1) is 11.5. The molecule has 7 nitrogen and oxygen atoms in total. The highest BCUT2D eigenvalue weighted by atomic mass is 16.5. The molecule has 0 saturated heterocycles. The van der Waals surface area contributed by atoms with E-state index in [1.54, 1.807) is 28.4 Å². The number of benzene rings is 1. The Balaban J connectivity index is 2.65. The minimum absolute atomic E-state index is 0.593. The van der Waals surface area contributed by atoms with Gasteiger partial charge in [-0.1, -0.05) is 0 Å². The molecule has 0 fully saturated rings. The van der Waals surface area contributed by atoms with Crippen LogP contribution in [0.15, 0.2) is 17.1 Å². The Labute approximate surface area is 145 Å². The van der Waals surface area contributed by atoms with Gasteiger partial charge in [-0.2, -0.15) is 0 Å². The molecule has 0 unspecified atom stereocenters. The predicted octanol–water partition coefficient (Wildman–Crippen LogP) is 1.33. The predicted molar refractivity (Wildman–Crippen MR) is 97.5 cm³/mol. The summed E-state index contributed by atoms with van der Waals surface area (Å²) in [5.41, 5.74) is 1.01. The largest absolute Gasteiger partial charge is 0.493 e. The van der Waals surface area contributed by atoms with Crippen molar-refractivity contribution >= 4 is 5.96 Å². The van der Waals surface area contributed by atoms with E-state index in [-0.39, 0.29) is 0 Å². The number of methoxy groups -OCH3 is 3. The topological polar surface area (TPSA) is 67.4 Å². The summed E-state index contributed by atoms with van der Waals surface area (Å²) in [5.74, 6) is 2.64. The van der Waals surface area contributed by atoms with Gasteiger partial charge in [0, 0.05) is 20.1 Å². The van der Waals surface area contributed by atoms with Gasteiger partial charge in [-0.05, 0) is 44.8 Å². The zero-order valence-electron chi connectivity index (χ0n) is 15.6. The van der Waals surface area contributed by atoms with E-state index in [4.69, 9.17) is 14.2 Å². The van der Waals surface area contributed by atoms with Crippen molar-refractivity contribution in [3.05, 3.63) is 17.7 Å². The van der Waals surface area contributed by atoms with Crippen LogP contribution in [0.4, 0.5) is 0 Å². The van der Waals surface area contributed by atoms with Crippen molar-refractivity contribution in [1.29, 1.82) is 0 Å². The smallest absolute Gasteiger partial charge is 0.203 e. The number of aliphatic imine (C=N–C) groups is 1. The molecule has 7 heteroatoms. The minimum Gasteiger partial charge on any atom is -0.493 e. The van der Waals surface area contributed by atoms with E-state index in [1.807, 2.05) is 12.1 Å². The quantitative estimate of drug-likeness (QED) is 0.402. The van der Waals surface area contributed by atoms with Crippen molar-refractivity contribution in [2.75, 3.05) is 55.6 Å². The van der Waals surface area contributed by atoms with E-state index in [2.05, 4.69) is 34.6 Å². The van der Waals surface area contributed by atoms with Gasteiger partial charge < -0.3 is 29.7 Å². The molecule has 1 aromatic carbocycles. The van der Waals surface area contributed by atoms with Crippen LogP contribution in [-0.4, -0.2) is 66.4 Å². The first-order valence-electron chi connectivity index (χ1n) is 7.93. The lowest BCUT2D eigenvalue weighted by Crippen LogP contribution is -2.38. The Bertz CT molecular complexity index is 508. The molecule has 1 aromatic rings. The summed E-state index contributed by atoms with van der Waals surface area (Å²) >= 11 is 0. The van der Waals surface area contributed by atoms with Crippen molar-refractivity contribution in [2.45, 2.75) is 13.0 Å². The third-order valence-corrected chi connectivity index (χ3v) is 3.48. The van der Waals surface area contributed by atoms with E-state index < -0.39 is 0 Å². The molecule has 0 aliphatic carbocycles. The standard InChI is InChI=1S/C17H30N4O3/c1-18-17(19-8-7-9-21(2)3)20-12-13-10-14(22-4)16(24-6)15(11-13)23-5/h10-11H,7-9,12H2,1-6H3,(H2,18,19,20). The van der Waals surface area contributed by atoms with Crippen molar-refractivity contribution in [3.63, 3.8) is 0 Å². The highest BCUT2D eigenvalue weighted by molar-refractivity contribution is 5.79. The van der Waals surface area contributed by atoms with E-state index >= 15 is 0 Å². The Hall–Kier alpha value is -2.15. The van der Waals surface area contributed by atoms with Gasteiger partial charge in [0.2, 0.25) is 5.75 Å². The highest BCUT2D eigenvalue weighted by Gasteiger charge is 2.13. The van der Waals surface area contributed by atoms with Crippen LogP contribution in [0.3, 0.4) is 0 Å². The molecule has 136 valence electrons. The van der Waals surface area contributed by atoms with Gasteiger partial charge in [-0.3, -0.25) is 4.99 Å². The number of guanidine groups is 1. The van der Waals surface area contributed by atoms with E-state index in [0.717, 1.165) is 31.0 Å². The lowest BCUT2D eigenvalue weighted by molar-refractivity contribution is 0.323. The molecule has 0 radical (unpaired) electrons. The highest BCUT2D eigenvalue weighted by Crippen LogP contribution is 2.38. The molecule has 1 rings (SSSR count). The zero-order valence-corrected chi connectivity index (χ0v) is 15.6. The van der Waals surface area contributed by atoms with Crippen LogP contribution in [0, 0.1) is 0 Å². The first kappa shape index (κ1) is 19.9. The summed E-state index contributed by atoms with van der Waals surface area (Å²) in [6, 6.07) is 3.85. The van der Waals surface area contributed by atoms with Gasteiger partial charge in [-0.25, -0.2) is 0 Å². The summed E-state index contributed by atoms with van der Waals surface area (Å²) in [6.07, 6.45) is 1.05. The maximum atomic E-state index is 5.37. The SMILES string of the molecule is CN=C(NCCCN(C)C)NCc1cc(OC)c(OC)c(OC)c1. The van der Waals surface area contributed by atoms with Crippen LogP contribution in [0.5, 0.6) is 17.2 Å². The number of nitrogens with one attached hydrogen (secondary N) is 2. The summed E-state index contributed by atoms with van der Waals surface area (Å²) in [5, 5.41) is 6.59. The summed E-state index contributed by atoms with van der Waals surface area (Å²) in [7, 11) is 10.7. The normalized spacial score (nSPS) is 11.4. The van der Waals surface area contributed by atoms with Crippen molar-refractivity contribution < 1.29 is 14.2 Å². The molecule has 0 spiro atoms. The van der Waals surface area contributed by atoms with Gasteiger partial charge in [0.1, 0.15) is 0 Å². The Morgan fingerprint density at radius 3 is 2.12 bits per heavy atom. The van der Waals surface area contributed by atoms with E-state index in [0.29, 0.717) is 23.8 Å². The average molecular weight is 338 g/mol. The third-order valence-electron chi connectivity index (χ3n) is 3.48. The molecule has 0 saturated carbocycles. The number of hydrogen-bond acceptors (Lipinski definition) is 5. The van der Waals surface area contributed by atoms with Crippen LogP contribution in [0.1, 0.15) is 12.0 Å². The van der Waals surface area contributed by atoms with Gasteiger partial charge in [0.05, 0.1) is 21.3 Å². The maximum absolute atomic E-state index is 5.37. The van der Waals surface area contributed by atoms with Crippen LogP contribution in [-0.2, 0) is 6.54 Å². The lowest BCUT2D eigenvalue weighted by atomic mass is 10.2. The monoisotopic (exact) mass is 338 g/mol.